The Kier molecular flexibility index (Phi) is 6.83. The van der Waals surface area contributed by atoms with E-state index in [0.29, 0.717) is 0 Å². The summed E-state index contributed by atoms with van der Waals surface area (Å²) in [4.78, 5) is 34.9. The van der Waals surface area contributed by atoms with Gasteiger partial charge in [0.2, 0.25) is 11.8 Å². The van der Waals surface area contributed by atoms with Gasteiger partial charge in [-0.2, -0.15) is 0 Å². The Hall–Kier alpha value is -1.93. The number of hydrogen-bond donors (Lipinski definition) is 4. The molecule has 0 radical (unpaired) electrons. The molecule has 0 aliphatic carbocycles. The van der Waals surface area contributed by atoms with Gasteiger partial charge in [0.05, 0.1) is 12.5 Å². The first-order chi connectivity index (χ1) is 9.93. The smallest absolute Gasteiger partial charge is 0.326 e. The number of carboxylic acids is 1. The average Bonchev–Trinajstić information content (AvgIpc) is 2.90. The van der Waals surface area contributed by atoms with Crippen LogP contribution in [-0.4, -0.2) is 40.6 Å². The van der Waals surface area contributed by atoms with Crippen LogP contribution in [0.5, 0.6) is 0 Å². The molecule has 1 heterocycles. The third-order valence-corrected chi connectivity index (χ3v) is 3.69. The number of rotatable bonds is 8. The summed E-state index contributed by atoms with van der Waals surface area (Å²) in [6, 6.07) is 1.97. The van der Waals surface area contributed by atoms with E-state index in [2.05, 4.69) is 10.6 Å². The van der Waals surface area contributed by atoms with E-state index in [1.165, 1.54) is 18.3 Å². The molecule has 1 aromatic rings. The third-order valence-electron chi connectivity index (χ3n) is 2.70. The molecule has 0 aromatic carbocycles. The van der Waals surface area contributed by atoms with E-state index < -0.39 is 24.0 Å². The number of thiophene rings is 1. The zero-order chi connectivity index (χ0) is 15.8. The Morgan fingerprint density at radius 1 is 1.33 bits per heavy atom. The molecule has 0 aliphatic rings. The van der Waals surface area contributed by atoms with Crippen LogP contribution >= 0.6 is 11.3 Å². The molecule has 0 saturated heterocycles. The summed E-state index contributed by atoms with van der Waals surface area (Å²) in [5, 5.41) is 24.5. The van der Waals surface area contributed by atoms with Crippen molar-refractivity contribution in [1.29, 1.82) is 0 Å². The van der Waals surface area contributed by atoms with E-state index >= 15 is 0 Å². The Labute approximate surface area is 126 Å². The Bertz CT molecular complexity index is 489. The molecule has 2 unspecified atom stereocenters. The van der Waals surface area contributed by atoms with Crippen LogP contribution in [0.25, 0.3) is 0 Å². The highest BCUT2D eigenvalue weighted by molar-refractivity contribution is 7.10. The van der Waals surface area contributed by atoms with Crippen LogP contribution in [0.1, 0.15) is 30.7 Å². The second kappa shape index (κ2) is 8.38. The highest BCUT2D eigenvalue weighted by Gasteiger charge is 2.23. The van der Waals surface area contributed by atoms with Gasteiger partial charge in [0, 0.05) is 24.8 Å². The SMILES string of the molecule is CC(=O)NC(CC(=O)NC(CCO)C(=O)O)c1cccs1. The van der Waals surface area contributed by atoms with Crippen molar-refractivity contribution >= 4 is 29.1 Å². The molecule has 0 aliphatic heterocycles. The van der Waals surface area contributed by atoms with Crippen LogP contribution in [0.2, 0.25) is 0 Å². The number of nitrogens with one attached hydrogen (secondary N) is 2. The summed E-state index contributed by atoms with van der Waals surface area (Å²) in [7, 11) is 0. The van der Waals surface area contributed by atoms with Gasteiger partial charge in [0.25, 0.3) is 0 Å². The zero-order valence-electron chi connectivity index (χ0n) is 11.5. The molecule has 7 nitrogen and oxygen atoms in total. The summed E-state index contributed by atoms with van der Waals surface area (Å²) < 4.78 is 0. The van der Waals surface area contributed by atoms with E-state index in [1.54, 1.807) is 12.1 Å². The molecule has 2 atom stereocenters. The summed E-state index contributed by atoms with van der Waals surface area (Å²) >= 11 is 1.40. The highest BCUT2D eigenvalue weighted by Crippen LogP contribution is 2.22. The molecule has 4 N–H and O–H groups in total. The number of carbonyl (C=O) groups excluding carboxylic acids is 2. The third kappa shape index (κ3) is 5.92. The molecule has 0 fully saturated rings. The van der Waals surface area contributed by atoms with E-state index in [9.17, 15) is 14.4 Å². The predicted molar refractivity (Wildman–Crippen MR) is 76.8 cm³/mol. The maximum absolute atomic E-state index is 11.9. The van der Waals surface area contributed by atoms with Gasteiger partial charge in [-0.25, -0.2) is 4.79 Å². The Balaban J connectivity index is 2.67. The monoisotopic (exact) mass is 314 g/mol. The van der Waals surface area contributed by atoms with Gasteiger partial charge in [-0.15, -0.1) is 11.3 Å². The van der Waals surface area contributed by atoms with Gasteiger partial charge in [-0.1, -0.05) is 6.07 Å². The lowest BCUT2D eigenvalue weighted by atomic mass is 10.1. The Morgan fingerprint density at radius 3 is 2.52 bits per heavy atom. The lowest BCUT2D eigenvalue weighted by Gasteiger charge is -2.18. The van der Waals surface area contributed by atoms with Gasteiger partial charge in [0.1, 0.15) is 6.04 Å². The number of carboxylic acid groups (broad SMARTS) is 1. The van der Waals surface area contributed by atoms with Gasteiger partial charge in [-0.05, 0) is 11.4 Å². The fourth-order valence-electron chi connectivity index (χ4n) is 1.78. The minimum absolute atomic E-state index is 0.0602. The van der Waals surface area contributed by atoms with Crippen LogP contribution in [0.3, 0.4) is 0 Å². The zero-order valence-corrected chi connectivity index (χ0v) is 12.4. The lowest BCUT2D eigenvalue weighted by molar-refractivity contribution is -0.142. The minimum atomic E-state index is -1.20. The molecule has 1 aromatic heterocycles. The average molecular weight is 314 g/mol. The first-order valence-corrected chi connectivity index (χ1v) is 7.25. The van der Waals surface area contributed by atoms with Gasteiger partial charge in [0.15, 0.2) is 0 Å². The van der Waals surface area contributed by atoms with Crippen molar-refractivity contribution in [3.05, 3.63) is 22.4 Å². The summed E-state index contributed by atoms with van der Waals surface area (Å²) in [6.45, 7) is 1.02. The molecule has 21 heavy (non-hydrogen) atoms. The van der Waals surface area contributed by atoms with Crippen LogP contribution in [0.15, 0.2) is 17.5 Å². The van der Waals surface area contributed by atoms with E-state index in [-0.39, 0.29) is 25.4 Å². The van der Waals surface area contributed by atoms with Crippen molar-refractivity contribution in [2.45, 2.75) is 31.8 Å². The number of aliphatic carboxylic acids is 1. The molecule has 0 bridgehead atoms. The number of carbonyl (C=O) groups is 3. The topological polar surface area (TPSA) is 116 Å². The Morgan fingerprint density at radius 2 is 2.05 bits per heavy atom. The maximum Gasteiger partial charge on any atom is 0.326 e. The van der Waals surface area contributed by atoms with E-state index in [4.69, 9.17) is 10.2 Å². The molecule has 8 heteroatoms. The van der Waals surface area contributed by atoms with Crippen LogP contribution in [0.4, 0.5) is 0 Å². The summed E-state index contributed by atoms with van der Waals surface area (Å²) in [5.41, 5.74) is 0. The number of aliphatic hydroxyl groups is 1. The molecule has 0 saturated carbocycles. The summed E-state index contributed by atoms with van der Waals surface area (Å²) in [5.74, 6) is -1.97. The van der Waals surface area contributed by atoms with Gasteiger partial charge in [-0.3, -0.25) is 9.59 Å². The largest absolute Gasteiger partial charge is 0.480 e. The van der Waals surface area contributed by atoms with Crippen molar-refractivity contribution in [2.75, 3.05) is 6.61 Å². The number of hydrogen-bond acceptors (Lipinski definition) is 5. The quantitative estimate of drug-likeness (QED) is 0.549. The van der Waals surface area contributed by atoms with Crippen LogP contribution in [0, 0.1) is 0 Å². The van der Waals surface area contributed by atoms with Crippen molar-refractivity contribution < 1.29 is 24.6 Å². The van der Waals surface area contributed by atoms with Gasteiger partial charge < -0.3 is 20.8 Å². The second-order valence-corrected chi connectivity index (χ2v) is 5.42. The fraction of sp³-hybridized carbons (Fsp3) is 0.462. The maximum atomic E-state index is 11.9. The van der Waals surface area contributed by atoms with Crippen molar-refractivity contribution in [3.63, 3.8) is 0 Å². The normalized spacial score (nSPS) is 13.2. The van der Waals surface area contributed by atoms with Crippen molar-refractivity contribution in [1.82, 2.24) is 10.6 Å². The summed E-state index contributed by atoms with van der Waals surface area (Å²) in [6.07, 6.45) is -0.125. The molecular weight excluding hydrogens is 296 g/mol. The molecule has 0 spiro atoms. The van der Waals surface area contributed by atoms with Crippen molar-refractivity contribution in [2.24, 2.45) is 0 Å². The first kappa shape index (κ1) is 17.1. The lowest BCUT2D eigenvalue weighted by Crippen LogP contribution is -2.42. The molecule has 2 amide bonds. The van der Waals surface area contributed by atoms with E-state index in [0.717, 1.165) is 4.88 Å². The fourth-order valence-corrected chi connectivity index (χ4v) is 2.56. The molecule has 116 valence electrons. The van der Waals surface area contributed by atoms with Crippen molar-refractivity contribution in [3.8, 4) is 0 Å². The predicted octanol–water partition coefficient (Wildman–Crippen LogP) is 0.267. The van der Waals surface area contributed by atoms with Crippen LogP contribution < -0.4 is 10.6 Å². The second-order valence-electron chi connectivity index (χ2n) is 4.44. The molecular formula is C13H18N2O5S. The van der Waals surface area contributed by atoms with E-state index in [1.807, 2.05) is 5.38 Å². The minimum Gasteiger partial charge on any atom is -0.480 e. The molecule has 1 rings (SSSR count). The standard InChI is InChI=1S/C13H18N2O5S/c1-8(17)14-10(11-3-2-6-21-11)7-12(18)15-9(4-5-16)13(19)20/h2-3,6,9-10,16H,4-5,7H2,1H3,(H,14,17)(H,15,18)(H,19,20). The van der Waals surface area contributed by atoms with Gasteiger partial charge >= 0.3 is 5.97 Å². The van der Waals surface area contributed by atoms with Crippen LogP contribution in [-0.2, 0) is 14.4 Å². The number of aliphatic hydroxyl groups excluding tert-OH is 1. The number of amides is 2. The first-order valence-electron chi connectivity index (χ1n) is 6.37. The highest BCUT2D eigenvalue weighted by atomic mass is 32.1.